The van der Waals surface area contributed by atoms with E-state index >= 15 is 0 Å². The predicted molar refractivity (Wildman–Crippen MR) is 54.2 cm³/mol. The maximum atomic E-state index is 5.79. The fraction of sp³-hybridized carbons (Fsp3) is 0. The molecule has 5 heteroatoms. The number of hydrogen-bond acceptors (Lipinski definition) is 2. The molecule has 12 heavy (non-hydrogen) atoms. The molecule has 0 saturated heterocycles. The molecule has 0 aliphatic rings. The van der Waals surface area contributed by atoms with Crippen LogP contribution in [0.2, 0.25) is 5.02 Å². The van der Waals surface area contributed by atoms with Gasteiger partial charge in [-0.1, -0.05) is 23.7 Å². The summed E-state index contributed by atoms with van der Waals surface area (Å²) in [6.45, 7) is 0. The second-order valence-electron chi connectivity index (χ2n) is 1.94. The van der Waals surface area contributed by atoms with Crippen molar-refractivity contribution in [3.63, 3.8) is 0 Å². The fourth-order valence-corrected chi connectivity index (χ4v) is 0.917. The Bertz CT molecular complexity index is 294. The van der Waals surface area contributed by atoms with Crippen molar-refractivity contribution in [1.82, 2.24) is 0 Å². The van der Waals surface area contributed by atoms with E-state index in [-0.39, 0.29) is 4.63 Å². The van der Waals surface area contributed by atoms with Crippen molar-refractivity contribution in [2.24, 2.45) is 5.10 Å². The minimum atomic E-state index is -0.0880. The monoisotopic (exact) mass is 222 g/mol. The lowest BCUT2D eigenvalue weighted by molar-refractivity contribution is 1.36. The zero-order valence-corrected chi connectivity index (χ0v) is 8.16. The van der Waals surface area contributed by atoms with Gasteiger partial charge in [0.2, 0.25) is 4.63 Å². The van der Waals surface area contributed by atoms with Crippen molar-refractivity contribution in [3.8, 4) is 0 Å². The van der Waals surface area contributed by atoms with Crippen molar-refractivity contribution >= 4 is 45.1 Å². The number of rotatable bonds is 2. The van der Waals surface area contributed by atoms with Crippen LogP contribution in [0, 0.1) is 0 Å². The fourth-order valence-electron chi connectivity index (χ4n) is 0.654. The quantitative estimate of drug-likeness (QED) is 0.602. The molecule has 0 spiro atoms. The summed E-state index contributed by atoms with van der Waals surface area (Å²) >= 11 is 16.4. The Morgan fingerprint density at radius 2 is 1.92 bits per heavy atom. The Morgan fingerprint density at radius 3 is 2.50 bits per heavy atom. The second kappa shape index (κ2) is 4.55. The third-order valence-corrected chi connectivity index (χ3v) is 1.63. The SMILES string of the molecule is ClC(Cl)=NNc1ccccc1Cl. The van der Waals surface area contributed by atoms with Crippen LogP contribution >= 0.6 is 34.8 Å². The molecular weight excluding hydrogens is 218 g/mol. The maximum absolute atomic E-state index is 5.79. The highest BCUT2D eigenvalue weighted by molar-refractivity contribution is 6.95. The van der Waals surface area contributed by atoms with Crippen LogP contribution in [0.5, 0.6) is 0 Å². The molecule has 0 unspecified atom stereocenters. The highest BCUT2D eigenvalue weighted by atomic mass is 35.5. The summed E-state index contributed by atoms with van der Waals surface area (Å²) in [6, 6.07) is 7.15. The number of anilines is 1. The molecule has 0 radical (unpaired) electrons. The average molecular weight is 223 g/mol. The van der Waals surface area contributed by atoms with Gasteiger partial charge in [0, 0.05) is 0 Å². The van der Waals surface area contributed by atoms with Gasteiger partial charge < -0.3 is 0 Å². The van der Waals surface area contributed by atoms with Gasteiger partial charge in [-0.15, -0.1) is 0 Å². The number of benzene rings is 1. The lowest BCUT2D eigenvalue weighted by Crippen LogP contribution is -1.90. The molecule has 2 nitrogen and oxygen atoms in total. The molecule has 0 atom stereocenters. The van der Waals surface area contributed by atoms with E-state index in [4.69, 9.17) is 34.8 Å². The van der Waals surface area contributed by atoms with E-state index in [0.717, 1.165) is 0 Å². The van der Waals surface area contributed by atoms with Gasteiger partial charge in [0.15, 0.2) is 0 Å². The van der Waals surface area contributed by atoms with Crippen molar-refractivity contribution in [3.05, 3.63) is 29.3 Å². The normalized spacial score (nSPS) is 9.25. The van der Waals surface area contributed by atoms with Crippen molar-refractivity contribution in [1.29, 1.82) is 0 Å². The van der Waals surface area contributed by atoms with Crippen LogP contribution in [-0.4, -0.2) is 4.63 Å². The Labute approximate surface area is 85.1 Å². The molecule has 0 heterocycles. The number of halogens is 3. The minimum absolute atomic E-state index is 0.0880. The van der Waals surface area contributed by atoms with Crippen LogP contribution in [-0.2, 0) is 0 Å². The number of para-hydroxylation sites is 1. The molecule has 1 N–H and O–H groups in total. The van der Waals surface area contributed by atoms with Gasteiger partial charge in [0.25, 0.3) is 0 Å². The number of hydrazone groups is 1. The van der Waals surface area contributed by atoms with E-state index in [1.807, 2.05) is 12.1 Å². The Morgan fingerprint density at radius 1 is 1.25 bits per heavy atom. The van der Waals surface area contributed by atoms with Crippen LogP contribution in [0.25, 0.3) is 0 Å². The largest absolute Gasteiger partial charge is 0.275 e. The second-order valence-corrected chi connectivity index (χ2v) is 3.26. The van der Waals surface area contributed by atoms with Gasteiger partial charge in [-0.2, -0.15) is 5.10 Å². The highest BCUT2D eigenvalue weighted by Crippen LogP contribution is 2.20. The van der Waals surface area contributed by atoms with E-state index in [1.165, 1.54) is 0 Å². The molecule has 1 aromatic rings. The lowest BCUT2D eigenvalue weighted by Gasteiger charge is -2.00. The van der Waals surface area contributed by atoms with Crippen molar-refractivity contribution in [2.75, 3.05) is 5.43 Å². The van der Waals surface area contributed by atoms with E-state index in [9.17, 15) is 0 Å². The Kier molecular flexibility index (Phi) is 3.66. The highest BCUT2D eigenvalue weighted by Gasteiger charge is 1.95. The molecule has 0 aromatic heterocycles. The molecule has 0 saturated carbocycles. The minimum Gasteiger partial charge on any atom is -0.275 e. The first-order valence-corrected chi connectivity index (χ1v) is 4.23. The number of nitrogens with one attached hydrogen (secondary N) is 1. The van der Waals surface area contributed by atoms with Crippen LogP contribution in [0.3, 0.4) is 0 Å². The summed E-state index contributed by atoms with van der Waals surface area (Å²) in [7, 11) is 0. The Balaban J connectivity index is 2.76. The third kappa shape index (κ3) is 2.89. The zero-order valence-electron chi connectivity index (χ0n) is 5.89. The zero-order chi connectivity index (χ0) is 8.97. The average Bonchev–Trinajstić information content (AvgIpc) is 2.03. The number of nitrogens with zero attached hydrogens (tertiary/aromatic N) is 1. The lowest BCUT2D eigenvalue weighted by atomic mass is 10.3. The molecular formula is C7H5Cl3N2. The maximum Gasteiger partial charge on any atom is 0.215 e. The van der Waals surface area contributed by atoms with E-state index in [0.29, 0.717) is 10.7 Å². The summed E-state index contributed by atoms with van der Waals surface area (Å²) < 4.78 is -0.0880. The smallest absolute Gasteiger partial charge is 0.215 e. The summed E-state index contributed by atoms with van der Waals surface area (Å²) in [5, 5.41) is 4.13. The van der Waals surface area contributed by atoms with Crippen LogP contribution in [0.1, 0.15) is 0 Å². The van der Waals surface area contributed by atoms with E-state index in [1.54, 1.807) is 12.1 Å². The van der Waals surface area contributed by atoms with Gasteiger partial charge in [-0.3, -0.25) is 5.43 Å². The van der Waals surface area contributed by atoms with Crippen molar-refractivity contribution < 1.29 is 0 Å². The van der Waals surface area contributed by atoms with Crippen LogP contribution in [0.15, 0.2) is 29.4 Å². The molecule has 0 aliphatic heterocycles. The first-order chi connectivity index (χ1) is 5.70. The topological polar surface area (TPSA) is 24.4 Å². The van der Waals surface area contributed by atoms with Crippen molar-refractivity contribution in [2.45, 2.75) is 0 Å². The summed E-state index contributed by atoms with van der Waals surface area (Å²) in [5.41, 5.74) is 3.27. The van der Waals surface area contributed by atoms with Gasteiger partial charge in [0.05, 0.1) is 10.7 Å². The summed E-state index contributed by atoms with van der Waals surface area (Å²) in [5.74, 6) is 0. The van der Waals surface area contributed by atoms with Gasteiger partial charge in [0.1, 0.15) is 0 Å². The van der Waals surface area contributed by atoms with Gasteiger partial charge in [-0.25, -0.2) is 0 Å². The summed E-state index contributed by atoms with van der Waals surface area (Å²) in [4.78, 5) is 0. The third-order valence-electron chi connectivity index (χ3n) is 1.13. The summed E-state index contributed by atoms with van der Waals surface area (Å²) in [6.07, 6.45) is 0. The first kappa shape index (κ1) is 9.65. The predicted octanol–water partition coefficient (Wildman–Crippen LogP) is 3.50. The van der Waals surface area contributed by atoms with E-state index in [2.05, 4.69) is 10.5 Å². The molecule has 0 fully saturated rings. The van der Waals surface area contributed by atoms with E-state index < -0.39 is 0 Å². The molecule has 1 aromatic carbocycles. The number of hydrogen-bond donors (Lipinski definition) is 1. The van der Waals surface area contributed by atoms with Gasteiger partial charge >= 0.3 is 0 Å². The molecule has 0 aliphatic carbocycles. The molecule has 1 rings (SSSR count). The standard InChI is InChI=1S/C7H5Cl3N2/c8-5-3-1-2-4-6(5)11-12-7(9)10/h1-4,11H. The Hall–Kier alpha value is -0.440. The van der Waals surface area contributed by atoms with Gasteiger partial charge in [-0.05, 0) is 35.3 Å². The first-order valence-electron chi connectivity index (χ1n) is 3.09. The molecule has 0 amide bonds. The van der Waals surface area contributed by atoms with Crippen LogP contribution in [0.4, 0.5) is 5.69 Å². The molecule has 64 valence electrons. The van der Waals surface area contributed by atoms with Crippen LogP contribution < -0.4 is 5.43 Å². The molecule has 0 bridgehead atoms.